The van der Waals surface area contributed by atoms with E-state index in [9.17, 15) is 9.59 Å². The third-order valence-electron chi connectivity index (χ3n) is 4.02. The van der Waals surface area contributed by atoms with Gasteiger partial charge in [-0.2, -0.15) is 0 Å². The van der Waals surface area contributed by atoms with Gasteiger partial charge in [0.1, 0.15) is 5.75 Å². The van der Waals surface area contributed by atoms with Crippen LogP contribution in [0.15, 0.2) is 60.9 Å². The number of aromatic nitrogens is 2. The van der Waals surface area contributed by atoms with Crippen molar-refractivity contribution in [2.75, 3.05) is 5.32 Å². The molecule has 3 aromatic rings. The Morgan fingerprint density at radius 3 is 1.97 bits per heavy atom. The summed E-state index contributed by atoms with van der Waals surface area (Å²) in [5.74, 6) is -0.0668. The maximum absolute atomic E-state index is 12.5. The number of halogens is 2. The first-order valence-electron chi connectivity index (χ1n) is 8.63. The number of amides is 1. The molecule has 148 valence electrons. The summed E-state index contributed by atoms with van der Waals surface area (Å²) in [5.41, 5.74) is 0.259. The fourth-order valence-corrected chi connectivity index (χ4v) is 2.67. The molecule has 8 heteroatoms. The summed E-state index contributed by atoms with van der Waals surface area (Å²) in [4.78, 5) is 32.7. The molecule has 6 nitrogen and oxygen atoms in total. The zero-order chi connectivity index (χ0) is 21.0. The van der Waals surface area contributed by atoms with Crippen LogP contribution in [0.2, 0.25) is 10.3 Å². The second-order valence-electron chi connectivity index (χ2n) is 6.67. The third kappa shape index (κ3) is 5.31. The molecule has 0 aliphatic rings. The average molecular weight is 430 g/mol. The summed E-state index contributed by atoms with van der Waals surface area (Å²) in [7, 11) is 0. The van der Waals surface area contributed by atoms with E-state index >= 15 is 0 Å². The molecule has 29 heavy (non-hydrogen) atoms. The van der Waals surface area contributed by atoms with Crippen molar-refractivity contribution in [2.24, 2.45) is 0 Å². The smallest absolute Gasteiger partial charge is 0.268 e. The second kappa shape index (κ2) is 8.59. The zero-order valence-electron chi connectivity index (χ0n) is 15.6. The van der Waals surface area contributed by atoms with Crippen molar-refractivity contribution in [3.8, 4) is 5.75 Å². The van der Waals surface area contributed by atoms with Gasteiger partial charge in [0, 0.05) is 16.1 Å². The molecule has 0 saturated carbocycles. The van der Waals surface area contributed by atoms with Gasteiger partial charge in [0.05, 0.1) is 18.1 Å². The van der Waals surface area contributed by atoms with Crippen molar-refractivity contribution in [3.05, 3.63) is 82.4 Å². The van der Waals surface area contributed by atoms with Crippen molar-refractivity contribution in [1.29, 1.82) is 0 Å². The SMILES string of the molecule is CC(C)(Oc1ccc(C(=O)c2ccc(Cl)cc2)cc1)C(=O)Nc1cnc(Cl)nc1. The Bertz CT molecular complexity index is 1020. The van der Waals surface area contributed by atoms with Gasteiger partial charge in [0.25, 0.3) is 5.91 Å². The third-order valence-corrected chi connectivity index (χ3v) is 4.47. The molecule has 0 atom stereocenters. The summed E-state index contributed by atoms with van der Waals surface area (Å²) in [6.45, 7) is 3.26. The van der Waals surface area contributed by atoms with Gasteiger partial charge in [0.15, 0.2) is 11.4 Å². The minimum Gasteiger partial charge on any atom is -0.478 e. The molecular formula is C21H17Cl2N3O3. The molecule has 0 aliphatic heterocycles. The zero-order valence-corrected chi connectivity index (χ0v) is 17.2. The predicted molar refractivity (Wildman–Crippen MR) is 112 cm³/mol. The van der Waals surface area contributed by atoms with Crippen LogP contribution in [0.4, 0.5) is 5.69 Å². The Kier molecular flexibility index (Phi) is 6.15. The van der Waals surface area contributed by atoms with Gasteiger partial charge >= 0.3 is 0 Å². The van der Waals surface area contributed by atoms with Crippen LogP contribution in [-0.2, 0) is 4.79 Å². The topological polar surface area (TPSA) is 81.2 Å². The largest absolute Gasteiger partial charge is 0.478 e. The van der Waals surface area contributed by atoms with E-state index in [4.69, 9.17) is 27.9 Å². The number of anilines is 1. The van der Waals surface area contributed by atoms with E-state index < -0.39 is 5.60 Å². The highest BCUT2D eigenvalue weighted by molar-refractivity contribution is 6.30. The lowest BCUT2D eigenvalue weighted by Gasteiger charge is -2.25. The molecule has 0 bridgehead atoms. The molecular weight excluding hydrogens is 413 g/mol. The molecule has 0 unspecified atom stereocenters. The van der Waals surface area contributed by atoms with Crippen LogP contribution >= 0.6 is 23.2 Å². The maximum atomic E-state index is 12.5. The molecule has 0 saturated heterocycles. The van der Waals surface area contributed by atoms with E-state index in [1.165, 1.54) is 12.4 Å². The van der Waals surface area contributed by atoms with Crippen LogP contribution in [0.25, 0.3) is 0 Å². The van der Waals surface area contributed by atoms with Gasteiger partial charge in [-0.3, -0.25) is 9.59 Å². The van der Waals surface area contributed by atoms with Crippen molar-refractivity contribution in [2.45, 2.75) is 19.4 Å². The van der Waals surface area contributed by atoms with Crippen LogP contribution in [0.1, 0.15) is 29.8 Å². The fraction of sp³-hybridized carbons (Fsp3) is 0.143. The number of carbonyl (C=O) groups excluding carboxylic acids is 2. The monoisotopic (exact) mass is 429 g/mol. The summed E-state index contributed by atoms with van der Waals surface area (Å²) in [5, 5.41) is 3.33. The molecule has 2 aromatic carbocycles. The number of nitrogens with zero attached hydrogens (tertiary/aromatic N) is 2. The highest BCUT2D eigenvalue weighted by Crippen LogP contribution is 2.22. The first-order chi connectivity index (χ1) is 13.7. The molecule has 0 fully saturated rings. The minimum absolute atomic E-state index is 0.0896. The summed E-state index contributed by atoms with van der Waals surface area (Å²) in [6, 6.07) is 13.2. The molecule has 0 spiro atoms. The summed E-state index contributed by atoms with van der Waals surface area (Å²) in [6.07, 6.45) is 2.81. The molecule has 0 radical (unpaired) electrons. The van der Waals surface area contributed by atoms with Crippen molar-refractivity contribution >= 4 is 40.6 Å². The maximum Gasteiger partial charge on any atom is 0.268 e. The van der Waals surface area contributed by atoms with Gasteiger partial charge < -0.3 is 10.1 Å². The molecule has 1 N–H and O–H groups in total. The number of ketones is 1. The van der Waals surface area contributed by atoms with E-state index in [1.807, 2.05) is 0 Å². The normalized spacial score (nSPS) is 11.0. The fourth-order valence-electron chi connectivity index (χ4n) is 2.44. The van der Waals surface area contributed by atoms with Gasteiger partial charge in [-0.25, -0.2) is 9.97 Å². The second-order valence-corrected chi connectivity index (χ2v) is 7.44. The van der Waals surface area contributed by atoms with Gasteiger partial charge in [-0.15, -0.1) is 0 Å². The van der Waals surface area contributed by atoms with Crippen molar-refractivity contribution in [3.63, 3.8) is 0 Å². The number of nitrogens with one attached hydrogen (secondary N) is 1. The Balaban J connectivity index is 1.67. The number of benzene rings is 2. The Hall–Kier alpha value is -2.96. The molecule has 1 heterocycles. The van der Waals surface area contributed by atoms with Crippen LogP contribution in [0.3, 0.4) is 0 Å². The van der Waals surface area contributed by atoms with Crippen molar-refractivity contribution in [1.82, 2.24) is 9.97 Å². The molecule has 0 aliphatic carbocycles. The van der Waals surface area contributed by atoms with Gasteiger partial charge in [0.2, 0.25) is 5.28 Å². The van der Waals surface area contributed by atoms with Gasteiger partial charge in [-0.1, -0.05) is 11.6 Å². The molecule has 3 rings (SSSR count). The van der Waals surface area contributed by atoms with E-state index in [0.717, 1.165) is 0 Å². The quantitative estimate of drug-likeness (QED) is 0.448. The lowest BCUT2D eigenvalue weighted by Crippen LogP contribution is -2.42. The van der Waals surface area contributed by atoms with E-state index in [1.54, 1.807) is 62.4 Å². The van der Waals surface area contributed by atoms with Gasteiger partial charge in [-0.05, 0) is 74.0 Å². The van der Waals surface area contributed by atoms with Crippen LogP contribution in [-0.4, -0.2) is 27.3 Å². The van der Waals surface area contributed by atoms with E-state index in [-0.39, 0.29) is 17.0 Å². The first-order valence-corrected chi connectivity index (χ1v) is 9.38. The predicted octanol–water partition coefficient (Wildman–Crippen LogP) is 4.81. The summed E-state index contributed by atoms with van der Waals surface area (Å²) < 4.78 is 5.81. The first kappa shape index (κ1) is 20.8. The average Bonchev–Trinajstić information content (AvgIpc) is 2.70. The van der Waals surface area contributed by atoms with Crippen molar-refractivity contribution < 1.29 is 14.3 Å². The molecule has 1 aromatic heterocycles. The Morgan fingerprint density at radius 2 is 1.41 bits per heavy atom. The standard InChI is InChI=1S/C21H17Cl2N3O3/c1-21(2,19(28)26-16-11-24-20(23)25-12-16)29-17-9-5-14(6-10-17)18(27)13-3-7-15(22)8-4-13/h3-12H,1-2H3,(H,26,28). The minimum atomic E-state index is -1.18. The van der Waals surface area contributed by atoms with E-state index in [0.29, 0.717) is 27.6 Å². The van der Waals surface area contributed by atoms with Crippen LogP contribution in [0.5, 0.6) is 5.75 Å². The molecule has 1 amide bonds. The Labute approximate surface area is 177 Å². The number of hydrogen-bond acceptors (Lipinski definition) is 5. The Morgan fingerprint density at radius 1 is 0.897 bits per heavy atom. The number of carbonyl (C=O) groups is 2. The number of hydrogen-bond donors (Lipinski definition) is 1. The number of rotatable bonds is 6. The lowest BCUT2D eigenvalue weighted by molar-refractivity contribution is -0.128. The highest BCUT2D eigenvalue weighted by Gasteiger charge is 2.30. The number of ether oxygens (including phenoxy) is 1. The van der Waals surface area contributed by atoms with Crippen LogP contribution < -0.4 is 10.1 Å². The van der Waals surface area contributed by atoms with Crippen LogP contribution in [0, 0.1) is 0 Å². The van der Waals surface area contributed by atoms with E-state index in [2.05, 4.69) is 15.3 Å². The highest BCUT2D eigenvalue weighted by atomic mass is 35.5. The lowest BCUT2D eigenvalue weighted by atomic mass is 10.0. The summed E-state index contributed by atoms with van der Waals surface area (Å²) >= 11 is 11.5.